The maximum absolute atomic E-state index is 13.6. The Kier molecular flexibility index (Phi) is 3.33. The van der Waals surface area contributed by atoms with Crippen LogP contribution in [0.15, 0.2) is 30.6 Å². The van der Waals surface area contributed by atoms with Crippen molar-refractivity contribution in [3.63, 3.8) is 0 Å². The Balaban J connectivity index is 1.46. The maximum atomic E-state index is 13.6. The third-order valence-corrected chi connectivity index (χ3v) is 4.05. The number of nitrogens with zero attached hydrogens (tertiary/aromatic N) is 6. The molecule has 4 rings (SSSR count). The van der Waals surface area contributed by atoms with Gasteiger partial charge in [-0.3, -0.25) is 4.79 Å². The van der Waals surface area contributed by atoms with Crippen molar-refractivity contribution in [3.8, 4) is 0 Å². The molecule has 1 amide bonds. The van der Waals surface area contributed by atoms with Crippen LogP contribution in [0.2, 0.25) is 0 Å². The zero-order valence-corrected chi connectivity index (χ0v) is 12.8. The minimum absolute atomic E-state index is 0.194. The monoisotopic (exact) mass is 327 g/mol. The summed E-state index contributed by atoms with van der Waals surface area (Å²) in [6, 6.07) is 6.11. The summed E-state index contributed by atoms with van der Waals surface area (Å²) in [5.41, 5.74) is 1.44. The van der Waals surface area contributed by atoms with Crippen LogP contribution >= 0.6 is 0 Å². The fourth-order valence-corrected chi connectivity index (χ4v) is 2.69. The van der Waals surface area contributed by atoms with E-state index in [9.17, 15) is 9.18 Å². The molecule has 24 heavy (non-hydrogen) atoms. The van der Waals surface area contributed by atoms with E-state index in [1.54, 1.807) is 23.9 Å². The molecule has 1 saturated heterocycles. The van der Waals surface area contributed by atoms with Gasteiger partial charge in [0.2, 0.25) is 5.91 Å². The molecule has 122 valence electrons. The smallest absolute Gasteiger partial charge is 0.231 e. The first-order valence-corrected chi connectivity index (χ1v) is 7.44. The van der Waals surface area contributed by atoms with Gasteiger partial charge in [-0.05, 0) is 12.1 Å². The normalized spacial score (nSPS) is 14.7. The van der Waals surface area contributed by atoms with Crippen molar-refractivity contribution in [2.75, 3.05) is 23.3 Å². The van der Waals surface area contributed by atoms with Gasteiger partial charge in [0.25, 0.3) is 0 Å². The second kappa shape index (κ2) is 5.52. The molecule has 0 unspecified atom stereocenters. The lowest BCUT2D eigenvalue weighted by Gasteiger charge is -2.38. The van der Waals surface area contributed by atoms with E-state index in [0.29, 0.717) is 30.1 Å². The van der Waals surface area contributed by atoms with E-state index < -0.39 is 5.82 Å². The predicted molar refractivity (Wildman–Crippen MR) is 84.8 cm³/mol. The predicted octanol–water partition coefficient (Wildman–Crippen LogP) is 0.972. The molecular weight excluding hydrogens is 313 g/mol. The van der Waals surface area contributed by atoms with E-state index in [4.69, 9.17) is 0 Å². The average molecular weight is 327 g/mol. The average Bonchev–Trinajstić information content (AvgIpc) is 2.91. The molecule has 2 aromatic heterocycles. The van der Waals surface area contributed by atoms with Gasteiger partial charge < -0.3 is 10.2 Å². The largest absolute Gasteiger partial charge is 0.353 e. The van der Waals surface area contributed by atoms with Crippen LogP contribution in [-0.2, 0) is 11.8 Å². The van der Waals surface area contributed by atoms with Crippen molar-refractivity contribution in [1.29, 1.82) is 0 Å². The van der Waals surface area contributed by atoms with Crippen molar-refractivity contribution >= 4 is 28.6 Å². The zero-order valence-electron chi connectivity index (χ0n) is 12.8. The molecule has 0 atom stereocenters. The van der Waals surface area contributed by atoms with Gasteiger partial charge in [-0.25, -0.2) is 19.0 Å². The Morgan fingerprint density at radius 2 is 2.08 bits per heavy atom. The summed E-state index contributed by atoms with van der Waals surface area (Å²) in [6.07, 6.45) is 1.45. The number of aromatic nitrogens is 5. The molecule has 0 saturated carbocycles. The van der Waals surface area contributed by atoms with Crippen molar-refractivity contribution in [3.05, 3.63) is 36.4 Å². The van der Waals surface area contributed by atoms with Gasteiger partial charge in [0.15, 0.2) is 17.0 Å². The van der Waals surface area contributed by atoms with Gasteiger partial charge in [0.1, 0.15) is 12.1 Å². The molecule has 0 bridgehead atoms. The summed E-state index contributed by atoms with van der Waals surface area (Å²) in [5, 5.41) is 10.6. The highest BCUT2D eigenvalue weighted by atomic mass is 19.1. The van der Waals surface area contributed by atoms with E-state index in [2.05, 4.69) is 25.6 Å². The van der Waals surface area contributed by atoms with Crippen molar-refractivity contribution < 1.29 is 9.18 Å². The number of carbonyl (C=O) groups is 1. The fraction of sp³-hybridized carbons (Fsp3) is 0.267. The molecular formula is C15H14FN7O. The van der Waals surface area contributed by atoms with Crippen molar-refractivity contribution in [2.24, 2.45) is 13.0 Å². The molecule has 3 heterocycles. The molecule has 1 aliphatic rings. The summed E-state index contributed by atoms with van der Waals surface area (Å²) < 4.78 is 15.2. The lowest BCUT2D eigenvalue weighted by molar-refractivity contribution is -0.120. The molecule has 1 aliphatic heterocycles. The molecule has 3 aromatic rings. The van der Waals surface area contributed by atoms with Crippen molar-refractivity contribution in [2.45, 2.75) is 0 Å². The number of anilines is 2. The van der Waals surface area contributed by atoms with E-state index in [1.165, 1.54) is 18.5 Å². The molecule has 9 heteroatoms. The molecule has 0 spiro atoms. The summed E-state index contributed by atoms with van der Waals surface area (Å²) in [6.45, 7) is 0.978. The third-order valence-electron chi connectivity index (χ3n) is 4.05. The number of rotatable bonds is 3. The molecule has 0 aliphatic carbocycles. The van der Waals surface area contributed by atoms with Crippen LogP contribution in [0.5, 0.6) is 0 Å². The number of halogens is 1. The fourth-order valence-electron chi connectivity index (χ4n) is 2.69. The van der Waals surface area contributed by atoms with Gasteiger partial charge in [0, 0.05) is 20.1 Å². The first kappa shape index (κ1) is 14.5. The van der Waals surface area contributed by atoms with Gasteiger partial charge >= 0.3 is 0 Å². The second-order valence-corrected chi connectivity index (χ2v) is 5.65. The summed E-state index contributed by atoms with van der Waals surface area (Å²) in [4.78, 5) is 22.5. The number of amides is 1. The number of benzene rings is 1. The topological polar surface area (TPSA) is 88.8 Å². The Morgan fingerprint density at radius 3 is 2.88 bits per heavy atom. The SMILES string of the molecule is Cn1nnc2c(N3CC(C(=O)Nc4ccccc4F)C3)ncnc21. The van der Waals surface area contributed by atoms with Gasteiger partial charge in [-0.2, -0.15) is 0 Å². The molecule has 0 radical (unpaired) electrons. The number of para-hydroxylation sites is 1. The van der Waals surface area contributed by atoms with Crippen molar-refractivity contribution in [1.82, 2.24) is 25.0 Å². The Bertz CT molecular complexity index is 919. The summed E-state index contributed by atoms with van der Waals surface area (Å²) in [7, 11) is 1.76. The summed E-state index contributed by atoms with van der Waals surface area (Å²) in [5.74, 6) is -0.228. The first-order valence-electron chi connectivity index (χ1n) is 7.44. The van der Waals surface area contributed by atoms with Gasteiger partial charge in [-0.15, -0.1) is 5.10 Å². The minimum atomic E-state index is -0.445. The van der Waals surface area contributed by atoms with Gasteiger partial charge in [-0.1, -0.05) is 17.3 Å². The van der Waals surface area contributed by atoms with Crippen LogP contribution in [0, 0.1) is 11.7 Å². The van der Waals surface area contributed by atoms with Crippen LogP contribution < -0.4 is 10.2 Å². The highest BCUT2D eigenvalue weighted by molar-refractivity contribution is 5.95. The molecule has 1 fully saturated rings. The number of nitrogens with one attached hydrogen (secondary N) is 1. The Hall–Kier alpha value is -3.10. The highest BCUT2D eigenvalue weighted by Crippen LogP contribution is 2.28. The van der Waals surface area contributed by atoms with E-state index >= 15 is 0 Å². The molecule has 8 nitrogen and oxygen atoms in total. The zero-order chi connectivity index (χ0) is 16.7. The quantitative estimate of drug-likeness (QED) is 0.771. The van der Waals surface area contributed by atoms with Gasteiger partial charge in [0.05, 0.1) is 11.6 Å². The van der Waals surface area contributed by atoms with Crippen LogP contribution in [0.1, 0.15) is 0 Å². The van der Waals surface area contributed by atoms with E-state index in [-0.39, 0.29) is 17.5 Å². The number of hydrogen-bond acceptors (Lipinski definition) is 6. The lowest BCUT2D eigenvalue weighted by atomic mass is 9.99. The highest BCUT2D eigenvalue weighted by Gasteiger charge is 2.35. The van der Waals surface area contributed by atoms with Crippen LogP contribution in [0.4, 0.5) is 15.9 Å². The first-order chi connectivity index (χ1) is 11.6. The number of hydrogen-bond donors (Lipinski definition) is 1. The standard InChI is InChI=1S/C15H14FN7O/c1-22-13-12(20-21-22)14(18-8-17-13)23-6-9(7-23)15(24)19-11-5-3-2-4-10(11)16/h2-5,8-9H,6-7H2,1H3,(H,19,24). The number of carbonyl (C=O) groups excluding carboxylic acids is 1. The second-order valence-electron chi connectivity index (χ2n) is 5.65. The summed E-state index contributed by atoms with van der Waals surface area (Å²) >= 11 is 0. The number of aryl methyl sites for hydroxylation is 1. The van der Waals surface area contributed by atoms with Crippen LogP contribution in [0.25, 0.3) is 11.2 Å². The molecule has 1 aromatic carbocycles. The van der Waals surface area contributed by atoms with E-state index in [1.807, 2.05) is 4.90 Å². The Labute approximate surface area is 136 Å². The van der Waals surface area contributed by atoms with E-state index in [0.717, 1.165) is 0 Å². The van der Waals surface area contributed by atoms with Crippen LogP contribution in [0.3, 0.4) is 0 Å². The third kappa shape index (κ3) is 2.34. The maximum Gasteiger partial charge on any atom is 0.231 e. The number of fused-ring (bicyclic) bond motifs is 1. The lowest BCUT2D eigenvalue weighted by Crippen LogP contribution is -2.52. The minimum Gasteiger partial charge on any atom is -0.353 e. The van der Waals surface area contributed by atoms with Crippen LogP contribution in [-0.4, -0.2) is 44.0 Å². The molecule has 1 N–H and O–H groups in total. The Morgan fingerprint density at radius 1 is 1.29 bits per heavy atom.